The number of carbonyl (C=O) groups is 3. The Bertz CT molecular complexity index is 1610. The van der Waals surface area contributed by atoms with Gasteiger partial charge < -0.3 is 9.30 Å². The molecular weight excluding hydrogens is 509 g/mol. The van der Waals surface area contributed by atoms with Gasteiger partial charge >= 0.3 is 6.03 Å². The van der Waals surface area contributed by atoms with Crippen molar-refractivity contribution < 1.29 is 23.5 Å². The Labute approximate surface area is 231 Å². The van der Waals surface area contributed by atoms with Gasteiger partial charge in [0, 0.05) is 29.2 Å². The topological polar surface area (TPSA) is 80.6 Å². The molecule has 3 aromatic carbocycles. The van der Waals surface area contributed by atoms with E-state index in [1.807, 2.05) is 42.6 Å². The van der Waals surface area contributed by atoms with Gasteiger partial charge in [-0.1, -0.05) is 51.1 Å². The number of benzene rings is 3. The maximum absolute atomic E-state index is 13.4. The largest absolute Gasteiger partial charge is 0.494 e. The number of nitrogens with one attached hydrogen (secondary N) is 1. The summed E-state index contributed by atoms with van der Waals surface area (Å²) in [6.07, 6.45) is 4.11. The molecular formula is C32H30FN3O4. The van der Waals surface area contributed by atoms with Crippen LogP contribution in [-0.2, 0) is 21.5 Å². The minimum Gasteiger partial charge on any atom is -0.494 e. The molecule has 2 heterocycles. The highest BCUT2D eigenvalue weighted by atomic mass is 19.1. The van der Waals surface area contributed by atoms with Gasteiger partial charge in [0.25, 0.3) is 11.8 Å². The van der Waals surface area contributed by atoms with Crippen LogP contribution >= 0.6 is 0 Å². The van der Waals surface area contributed by atoms with E-state index in [1.165, 1.54) is 23.8 Å². The Morgan fingerprint density at radius 1 is 0.925 bits per heavy atom. The number of fused-ring (bicyclic) bond motifs is 1. The minimum absolute atomic E-state index is 0.0821. The first-order valence-electron chi connectivity index (χ1n) is 13.1. The molecule has 0 radical (unpaired) electrons. The van der Waals surface area contributed by atoms with Crippen LogP contribution in [0.2, 0.25) is 0 Å². The number of ether oxygens (including phenoxy) is 1. The summed E-state index contributed by atoms with van der Waals surface area (Å²) < 4.78 is 21.4. The molecule has 204 valence electrons. The van der Waals surface area contributed by atoms with E-state index in [2.05, 4.69) is 42.8 Å². The number of rotatable bonds is 7. The summed E-state index contributed by atoms with van der Waals surface area (Å²) in [5.41, 5.74) is 2.92. The summed E-state index contributed by atoms with van der Waals surface area (Å²) in [7, 11) is 0. The normalized spacial score (nSPS) is 15.2. The fourth-order valence-corrected chi connectivity index (χ4v) is 4.69. The van der Waals surface area contributed by atoms with Crippen LogP contribution in [0.5, 0.6) is 5.75 Å². The van der Waals surface area contributed by atoms with Crippen LogP contribution in [0.3, 0.4) is 0 Å². The molecule has 1 saturated heterocycles. The van der Waals surface area contributed by atoms with Gasteiger partial charge in [0.2, 0.25) is 0 Å². The molecule has 0 unspecified atom stereocenters. The third-order valence-corrected chi connectivity index (χ3v) is 6.84. The number of imide groups is 2. The molecule has 0 spiro atoms. The molecule has 8 heteroatoms. The molecule has 0 bridgehead atoms. The molecule has 4 amide bonds. The standard InChI is InChI=1S/C32H30FN3O4/c1-32(2,3)22-9-15-25(16-10-22)40-18-6-17-35-20-21(26-7-4-5-8-28(26)35)19-27-29(37)34-31(39)36(30(27)38)24-13-11-23(33)12-14-24/h4-5,7-16,19-20H,6,17-18H2,1-3H3,(H,34,37,39). The highest BCUT2D eigenvalue weighted by Gasteiger charge is 2.37. The molecule has 1 aliphatic rings. The lowest BCUT2D eigenvalue weighted by Crippen LogP contribution is -2.54. The average Bonchev–Trinajstić information content (AvgIpc) is 3.27. The molecule has 7 nitrogen and oxygen atoms in total. The fourth-order valence-electron chi connectivity index (χ4n) is 4.69. The number of amides is 4. The number of aromatic nitrogens is 1. The Morgan fingerprint density at radius 3 is 2.33 bits per heavy atom. The van der Waals surface area contributed by atoms with Gasteiger partial charge in [-0.05, 0) is 65.9 Å². The average molecular weight is 540 g/mol. The summed E-state index contributed by atoms with van der Waals surface area (Å²) >= 11 is 0. The van der Waals surface area contributed by atoms with E-state index < -0.39 is 23.7 Å². The zero-order valence-electron chi connectivity index (χ0n) is 22.6. The minimum atomic E-state index is -0.880. The van der Waals surface area contributed by atoms with E-state index in [4.69, 9.17) is 4.74 Å². The number of carbonyl (C=O) groups excluding carboxylic acids is 3. The third kappa shape index (κ3) is 5.52. The predicted octanol–water partition coefficient (Wildman–Crippen LogP) is 6.21. The summed E-state index contributed by atoms with van der Waals surface area (Å²) in [6.45, 7) is 7.70. The molecule has 4 aromatic rings. The molecule has 0 atom stereocenters. The van der Waals surface area contributed by atoms with E-state index in [9.17, 15) is 18.8 Å². The first kappa shape index (κ1) is 26.9. The van der Waals surface area contributed by atoms with E-state index in [0.717, 1.165) is 40.1 Å². The summed E-state index contributed by atoms with van der Waals surface area (Å²) in [5, 5.41) is 3.07. The molecule has 1 N–H and O–H groups in total. The fraction of sp³-hybridized carbons (Fsp3) is 0.219. The number of anilines is 1. The van der Waals surface area contributed by atoms with Crippen molar-refractivity contribution in [1.82, 2.24) is 9.88 Å². The van der Waals surface area contributed by atoms with Gasteiger partial charge in [0.05, 0.1) is 12.3 Å². The molecule has 1 aliphatic heterocycles. The monoisotopic (exact) mass is 539 g/mol. The second-order valence-electron chi connectivity index (χ2n) is 10.7. The zero-order valence-corrected chi connectivity index (χ0v) is 22.6. The van der Waals surface area contributed by atoms with Crippen LogP contribution in [0, 0.1) is 5.82 Å². The Hall–Kier alpha value is -4.72. The van der Waals surface area contributed by atoms with Crippen LogP contribution in [0.1, 0.15) is 38.3 Å². The Balaban J connectivity index is 1.34. The summed E-state index contributed by atoms with van der Waals surface area (Å²) in [6, 6.07) is 19.9. The van der Waals surface area contributed by atoms with Gasteiger partial charge in [-0.15, -0.1) is 0 Å². The van der Waals surface area contributed by atoms with Crippen LogP contribution in [0.4, 0.5) is 14.9 Å². The van der Waals surface area contributed by atoms with E-state index >= 15 is 0 Å². The van der Waals surface area contributed by atoms with Crippen LogP contribution in [0.15, 0.2) is 84.6 Å². The zero-order chi connectivity index (χ0) is 28.4. The smallest absolute Gasteiger partial charge is 0.335 e. The van der Waals surface area contributed by atoms with Crippen molar-refractivity contribution in [2.45, 2.75) is 39.2 Å². The molecule has 40 heavy (non-hydrogen) atoms. The maximum Gasteiger partial charge on any atom is 0.335 e. The van der Waals surface area contributed by atoms with Crippen molar-refractivity contribution in [3.63, 3.8) is 0 Å². The number of hydrogen-bond acceptors (Lipinski definition) is 4. The van der Waals surface area contributed by atoms with Crippen molar-refractivity contribution in [1.29, 1.82) is 0 Å². The SMILES string of the molecule is CC(C)(C)c1ccc(OCCCn2cc(C=C3C(=O)NC(=O)N(c4ccc(F)cc4)C3=O)c3ccccc32)cc1. The lowest BCUT2D eigenvalue weighted by Gasteiger charge is -2.26. The molecule has 0 aliphatic carbocycles. The molecule has 0 saturated carbocycles. The number of nitrogens with zero attached hydrogens (tertiary/aromatic N) is 2. The second-order valence-corrected chi connectivity index (χ2v) is 10.7. The van der Waals surface area contributed by atoms with Crippen molar-refractivity contribution >= 4 is 40.5 Å². The van der Waals surface area contributed by atoms with E-state index in [1.54, 1.807) is 0 Å². The van der Waals surface area contributed by atoms with Crippen LogP contribution in [-0.4, -0.2) is 29.0 Å². The van der Waals surface area contributed by atoms with Gasteiger partial charge in [-0.25, -0.2) is 14.1 Å². The van der Waals surface area contributed by atoms with Gasteiger partial charge in [-0.3, -0.25) is 14.9 Å². The van der Waals surface area contributed by atoms with E-state index in [0.29, 0.717) is 18.7 Å². The third-order valence-electron chi connectivity index (χ3n) is 6.84. The van der Waals surface area contributed by atoms with Gasteiger partial charge in [0.1, 0.15) is 17.1 Å². The lowest BCUT2D eigenvalue weighted by atomic mass is 9.87. The van der Waals surface area contributed by atoms with Gasteiger partial charge in [-0.2, -0.15) is 0 Å². The Morgan fingerprint density at radius 2 is 1.62 bits per heavy atom. The summed E-state index contributed by atoms with van der Waals surface area (Å²) in [5.74, 6) is -1.24. The number of para-hydroxylation sites is 1. The van der Waals surface area contributed by atoms with E-state index in [-0.39, 0.29) is 16.7 Å². The van der Waals surface area contributed by atoms with Crippen molar-refractivity contribution in [2.24, 2.45) is 0 Å². The summed E-state index contributed by atoms with van der Waals surface area (Å²) in [4.78, 5) is 39.2. The first-order valence-corrected chi connectivity index (χ1v) is 13.1. The number of aryl methyl sites for hydroxylation is 1. The number of barbiturate groups is 1. The lowest BCUT2D eigenvalue weighted by molar-refractivity contribution is -0.122. The first-order chi connectivity index (χ1) is 19.1. The van der Waals surface area contributed by atoms with Crippen molar-refractivity contribution in [3.8, 4) is 5.75 Å². The Kier molecular flexibility index (Phi) is 7.26. The highest BCUT2D eigenvalue weighted by molar-refractivity contribution is 6.39. The van der Waals surface area contributed by atoms with Crippen molar-refractivity contribution in [2.75, 3.05) is 11.5 Å². The highest BCUT2D eigenvalue weighted by Crippen LogP contribution is 2.28. The predicted molar refractivity (Wildman–Crippen MR) is 153 cm³/mol. The molecule has 1 fully saturated rings. The quantitative estimate of drug-likeness (QED) is 0.172. The second kappa shape index (κ2) is 10.8. The number of halogens is 1. The van der Waals surface area contributed by atoms with Crippen LogP contribution in [0.25, 0.3) is 17.0 Å². The number of hydrogen-bond donors (Lipinski definition) is 1. The maximum atomic E-state index is 13.4. The van der Waals surface area contributed by atoms with Crippen molar-refractivity contribution in [3.05, 3.63) is 102 Å². The van der Waals surface area contributed by atoms with Crippen LogP contribution < -0.4 is 15.0 Å². The van der Waals surface area contributed by atoms with Gasteiger partial charge in [0.15, 0.2) is 0 Å². The number of urea groups is 1. The molecule has 1 aromatic heterocycles. The molecule has 5 rings (SSSR count).